The van der Waals surface area contributed by atoms with E-state index in [1.165, 1.54) is 12.1 Å². The molecule has 0 aliphatic carbocycles. The van der Waals surface area contributed by atoms with Crippen LogP contribution in [0.2, 0.25) is 0 Å². The van der Waals surface area contributed by atoms with Crippen molar-refractivity contribution in [3.05, 3.63) is 23.8 Å². The predicted octanol–water partition coefficient (Wildman–Crippen LogP) is 0.740. The van der Waals surface area contributed by atoms with E-state index in [4.69, 9.17) is 10.8 Å². The molecule has 1 atom stereocenters. The van der Waals surface area contributed by atoms with Crippen LogP contribution in [-0.2, 0) is 11.2 Å². The van der Waals surface area contributed by atoms with Crippen LogP contribution in [0, 0.1) is 5.92 Å². The quantitative estimate of drug-likeness (QED) is 0.581. The number of phenolic OH excluding ortho intramolecular Hbond substituents is 2. The second-order valence-electron chi connectivity index (χ2n) is 4.63. The Morgan fingerprint density at radius 2 is 2.00 bits per heavy atom. The molecule has 1 aromatic carbocycles. The molecule has 0 aliphatic rings. The largest absolute Gasteiger partial charge is 0.504 e. The van der Waals surface area contributed by atoms with Gasteiger partial charge in [0.1, 0.15) is 0 Å². The molecule has 18 heavy (non-hydrogen) atoms. The first-order valence-corrected chi connectivity index (χ1v) is 5.96. The molecule has 1 amide bonds. The monoisotopic (exact) mass is 252 g/mol. The normalized spacial score (nSPS) is 12.4. The Morgan fingerprint density at radius 1 is 1.33 bits per heavy atom. The Hall–Kier alpha value is -1.75. The number of carbonyl (C=O) groups excluding carboxylic acids is 1. The van der Waals surface area contributed by atoms with Crippen molar-refractivity contribution < 1.29 is 15.0 Å². The van der Waals surface area contributed by atoms with Crippen molar-refractivity contribution in [1.29, 1.82) is 0 Å². The highest BCUT2D eigenvalue weighted by atomic mass is 16.3. The predicted molar refractivity (Wildman–Crippen MR) is 69.3 cm³/mol. The third-order valence-electron chi connectivity index (χ3n) is 2.77. The minimum absolute atomic E-state index is 0.0997. The van der Waals surface area contributed by atoms with Gasteiger partial charge in [-0.3, -0.25) is 4.79 Å². The lowest BCUT2D eigenvalue weighted by Gasteiger charge is -2.15. The van der Waals surface area contributed by atoms with E-state index in [1.54, 1.807) is 6.07 Å². The third kappa shape index (κ3) is 3.92. The lowest BCUT2D eigenvalue weighted by atomic mass is 10.0. The highest BCUT2D eigenvalue weighted by Crippen LogP contribution is 2.24. The van der Waals surface area contributed by atoms with Gasteiger partial charge < -0.3 is 21.3 Å². The minimum atomic E-state index is -0.502. The maximum Gasteiger partial charge on any atom is 0.237 e. The fourth-order valence-corrected chi connectivity index (χ4v) is 1.48. The topological polar surface area (TPSA) is 95.6 Å². The van der Waals surface area contributed by atoms with Gasteiger partial charge in [-0.25, -0.2) is 0 Å². The summed E-state index contributed by atoms with van der Waals surface area (Å²) in [7, 11) is 0. The highest BCUT2D eigenvalue weighted by molar-refractivity contribution is 5.81. The van der Waals surface area contributed by atoms with Gasteiger partial charge in [-0.15, -0.1) is 0 Å². The molecule has 0 bridgehead atoms. The van der Waals surface area contributed by atoms with Gasteiger partial charge in [-0.2, -0.15) is 0 Å². The number of nitrogens with one attached hydrogen (secondary N) is 1. The Kier molecular flexibility index (Phi) is 4.97. The molecule has 1 unspecified atom stereocenters. The van der Waals surface area contributed by atoms with Crippen LogP contribution in [0.25, 0.3) is 0 Å². The van der Waals surface area contributed by atoms with Crippen molar-refractivity contribution in [2.75, 3.05) is 6.54 Å². The first-order valence-electron chi connectivity index (χ1n) is 5.96. The van der Waals surface area contributed by atoms with Crippen LogP contribution in [-0.4, -0.2) is 28.7 Å². The molecule has 0 aliphatic heterocycles. The van der Waals surface area contributed by atoms with Gasteiger partial charge in [-0.05, 0) is 30.0 Å². The fraction of sp³-hybridized carbons (Fsp3) is 0.462. The van der Waals surface area contributed by atoms with Crippen molar-refractivity contribution >= 4 is 5.91 Å². The molecule has 0 spiro atoms. The average molecular weight is 252 g/mol. The fourth-order valence-electron chi connectivity index (χ4n) is 1.48. The second-order valence-corrected chi connectivity index (χ2v) is 4.63. The number of phenols is 2. The van der Waals surface area contributed by atoms with E-state index in [9.17, 15) is 9.90 Å². The van der Waals surface area contributed by atoms with Crippen LogP contribution < -0.4 is 11.1 Å². The lowest BCUT2D eigenvalue weighted by Crippen LogP contribution is -2.44. The maximum atomic E-state index is 11.6. The van der Waals surface area contributed by atoms with E-state index < -0.39 is 6.04 Å². The number of hydrogen-bond acceptors (Lipinski definition) is 4. The minimum Gasteiger partial charge on any atom is -0.504 e. The number of carbonyl (C=O) groups is 1. The van der Waals surface area contributed by atoms with Gasteiger partial charge in [0, 0.05) is 6.54 Å². The molecule has 0 saturated heterocycles. The summed E-state index contributed by atoms with van der Waals surface area (Å²) < 4.78 is 0. The summed E-state index contributed by atoms with van der Waals surface area (Å²) in [5.41, 5.74) is 6.54. The van der Waals surface area contributed by atoms with E-state index in [1.807, 2.05) is 13.8 Å². The molecule has 1 rings (SSSR count). The summed E-state index contributed by atoms with van der Waals surface area (Å²) in [6.45, 7) is 4.23. The standard InChI is InChI=1S/C13H20N2O3/c1-8(2)12(14)13(18)15-6-5-9-3-4-10(16)11(17)7-9/h3-4,7-8,12,16-17H,5-6,14H2,1-2H3,(H,15,18). The highest BCUT2D eigenvalue weighted by Gasteiger charge is 2.16. The van der Waals surface area contributed by atoms with Gasteiger partial charge in [0.25, 0.3) is 0 Å². The molecule has 0 aromatic heterocycles. The van der Waals surface area contributed by atoms with Crippen LogP contribution >= 0.6 is 0 Å². The molecule has 0 heterocycles. The summed E-state index contributed by atoms with van der Waals surface area (Å²) >= 11 is 0. The molecule has 100 valence electrons. The Labute approximate surface area is 107 Å². The van der Waals surface area contributed by atoms with Crippen LogP contribution in [0.1, 0.15) is 19.4 Å². The van der Waals surface area contributed by atoms with Crippen molar-refractivity contribution in [2.45, 2.75) is 26.3 Å². The Balaban J connectivity index is 2.42. The van der Waals surface area contributed by atoms with Crippen molar-refractivity contribution in [1.82, 2.24) is 5.32 Å². The summed E-state index contributed by atoms with van der Waals surface area (Å²) in [5.74, 6) is -0.377. The van der Waals surface area contributed by atoms with Crippen molar-refractivity contribution in [3.8, 4) is 11.5 Å². The molecule has 5 N–H and O–H groups in total. The zero-order valence-electron chi connectivity index (χ0n) is 10.7. The SMILES string of the molecule is CC(C)C(N)C(=O)NCCc1ccc(O)c(O)c1. The van der Waals surface area contributed by atoms with Crippen LogP contribution in [0.4, 0.5) is 0 Å². The maximum absolute atomic E-state index is 11.6. The number of hydrogen-bond donors (Lipinski definition) is 4. The third-order valence-corrected chi connectivity index (χ3v) is 2.77. The number of rotatable bonds is 5. The summed E-state index contributed by atoms with van der Waals surface area (Å²) in [5, 5.41) is 21.2. The molecular weight excluding hydrogens is 232 g/mol. The zero-order chi connectivity index (χ0) is 13.7. The number of nitrogens with two attached hydrogens (primary N) is 1. The Morgan fingerprint density at radius 3 is 2.56 bits per heavy atom. The van der Waals surface area contributed by atoms with Crippen LogP contribution in [0.15, 0.2) is 18.2 Å². The van der Waals surface area contributed by atoms with E-state index >= 15 is 0 Å². The van der Waals surface area contributed by atoms with Gasteiger partial charge in [0.2, 0.25) is 5.91 Å². The van der Waals surface area contributed by atoms with Crippen LogP contribution in [0.3, 0.4) is 0 Å². The second kappa shape index (κ2) is 6.26. The molecule has 5 heteroatoms. The van der Waals surface area contributed by atoms with Crippen molar-refractivity contribution in [2.24, 2.45) is 11.7 Å². The number of benzene rings is 1. The smallest absolute Gasteiger partial charge is 0.237 e. The van der Waals surface area contributed by atoms with Crippen molar-refractivity contribution in [3.63, 3.8) is 0 Å². The van der Waals surface area contributed by atoms with Gasteiger partial charge in [0.15, 0.2) is 11.5 Å². The van der Waals surface area contributed by atoms with E-state index in [2.05, 4.69) is 5.32 Å². The Bertz CT molecular complexity index is 419. The molecule has 1 aromatic rings. The molecule has 0 radical (unpaired) electrons. The average Bonchev–Trinajstić information content (AvgIpc) is 2.32. The first kappa shape index (κ1) is 14.3. The number of amides is 1. The van der Waals surface area contributed by atoms with Gasteiger partial charge in [0.05, 0.1) is 6.04 Å². The van der Waals surface area contributed by atoms with Crippen LogP contribution in [0.5, 0.6) is 11.5 Å². The van der Waals surface area contributed by atoms with Gasteiger partial charge >= 0.3 is 0 Å². The van der Waals surface area contributed by atoms with E-state index in [0.717, 1.165) is 5.56 Å². The summed E-state index contributed by atoms with van der Waals surface area (Å²) in [6, 6.07) is 4.10. The molecule has 5 nitrogen and oxygen atoms in total. The number of aromatic hydroxyl groups is 2. The molecular formula is C13H20N2O3. The lowest BCUT2D eigenvalue weighted by molar-refractivity contribution is -0.123. The molecule has 0 fully saturated rings. The zero-order valence-corrected chi connectivity index (χ0v) is 10.7. The van der Waals surface area contributed by atoms with E-state index in [-0.39, 0.29) is 23.3 Å². The molecule has 0 saturated carbocycles. The summed E-state index contributed by atoms with van der Waals surface area (Å²) in [6.07, 6.45) is 0.574. The van der Waals surface area contributed by atoms with Gasteiger partial charge in [-0.1, -0.05) is 19.9 Å². The van der Waals surface area contributed by atoms with E-state index in [0.29, 0.717) is 13.0 Å². The first-order chi connectivity index (χ1) is 8.41. The summed E-state index contributed by atoms with van der Waals surface area (Å²) in [4.78, 5) is 11.6.